The molecule has 9 heteroatoms. The third-order valence-corrected chi connectivity index (χ3v) is 6.95. The van der Waals surface area contributed by atoms with Crippen LogP contribution in [0.25, 0.3) is 0 Å². The highest BCUT2D eigenvalue weighted by molar-refractivity contribution is 6.31. The standard InChI is InChI=1S/C26H19ClF2N2O4/c1-35-25(34)22-20-21(24(33)31(23(20)32)19-12-6-16(27)7-13-19)26(30-22,14-2-8-17(28)9-3-14)15-4-10-18(29)11-5-15/h2-13,20-22,30H,1H3/t20-,21-,22-/m0/s1. The van der Waals surface area contributed by atoms with E-state index in [1.165, 1.54) is 67.8 Å². The predicted molar refractivity (Wildman–Crippen MR) is 123 cm³/mol. The van der Waals surface area contributed by atoms with Crippen LogP contribution in [-0.2, 0) is 24.7 Å². The molecule has 0 bridgehead atoms. The van der Waals surface area contributed by atoms with Crippen molar-refractivity contribution in [1.82, 2.24) is 5.32 Å². The molecule has 2 saturated heterocycles. The molecule has 2 heterocycles. The van der Waals surface area contributed by atoms with Crippen molar-refractivity contribution in [2.45, 2.75) is 11.6 Å². The van der Waals surface area contributed by atoms with Crippen LogP contribution in [0.3, 0.4) is 0 Å². The highest BCUT2D eigenvalue weighted by Crippen LogP contribution is 2.52. The van der Waals surface area contributed by atoms with Crippen LogP contribution in [0.15, 0.2) is 72.8 Å². The summed E-state index contributed by atoms with van der Waals surface area (Å²) < 4.78 is 32.7. The first-order chi connectivity index (χ1) is 16.8. The summed E-state index contributed by atoms with van der Waals surface area (Å²) in [5, 5.41) is 3.59. The van der Waals surface area contributed by atoms with Gasteiger partial charge in [0.1, 0.15) is 17.7 Å². The molecule has 2 aliphatic rings. The Hall–Kier alpha value is -3.62. The molecule has 2 fully saturated rings. The molecule has 1 N–H and O–H groups in total. The smallest absolute Gasteiger partial charge is 0.323 e. The van der Waals surface area contributed by atoms with Crippen molar-refractivity contribution in [3.63, 3.8) is 0 Å². The molecule has 3 atom stereocenters. The minimum Gasteiger partial charge on any atom is -0.468 e. The lowest BCUT2D eigenvalue weighted by Gasteiger charge is -2.36. The number of halogens is 3. The molecule has 35 heavy (non-hydrogen) atoms. The fraction of sp³-hybridized carbons (Fsp3) is 0.192. The highest BCUT2D eigenvalue weighted by Gasteiger charge is 2.68. The Labute approximate surface area is 204 Å². The van der Waals surface area contributed by atoms with Crippen LogP contribution in [-0.4, -0.2) is 30.9 Å². The maximum Gasteiger partial charge on any atom is 0.323 e. The Morgan fingerprint density at radius 3 is 1.89 bits per heavy atom. The van der Waals surface area contributed by atoms with Crippen molar-refractivity contribution in [3.05, 3.63) is 101 Å². The number of anilines is 1. The van der Waals surface area contributed by atoms with Gasteiger partial charge in [0.05, 0.1) is 30.2 Å². The molecule has 3 aromatic rings. The summed E-state index contributed by atoms with van der Waals surface area (Å²) in [7, 11) is 1.19. The van der Waals surface area contributed by atoms with Gasteiger partial charge >= 0.3 is 5.97 Å². The highest BCUT2D eigenvalue weighted by atomic mass is 35.5. The lowest BCUT2D eigenvalue weighted by Crippen LogP contribution is -2.52. The summed E-state index contributed by atoms with van der Waals surface area (Å²) in [5.41, 5.74) is -0.273. The number of carbonyl (C=O) groups is 3. The Kier molecular flexibility index (Phi) is 5.65. The number of ether oxygens (including phenoxy) is 1. The average molecular weight is 497 g/mol. The number of nitrogens with zero attached hydrogens (tertiary/aromatic N) is 1. The lowest BCUT2D eigenvalue weighted by atomic mass is 9.71. The third kappa shape index (κ3) is 3.52. The van der Waals surface area contributed by atoms with Crippen molar-refractivity contribution >= 4 is 35.1 Å². The van der Waals surface area contributed by atoms with Gasteiger partial charge < -0.3 is 4.74 Å². The van der Waals surface area contributed by atoms with Gasteiger partial charge in [0, 0.05) is 5.02 Å². The number of hydrogen-bond acceptors (Lipinski definition) is 5. The van der Waals surface area contributed by atoms with Crippen LogP contribution in [0.5, 0.6) is 0 Å². The van der Waals surface area contributed by atoms with Gasteiger partial charge in [0.25, 0.3) is 0 Å². The number of imide groups is 1. The van der Waals surface area contributed by atoms with E-state index in [9.17, 15) is 23.2 Å². The van der Waals surface area contributed by atoms with Crippen LogP contribution >= 0.6 is 11.6 Å². The van der Waals surface area contributed by atoms with Crippen molar-refractivity contribution in [1.29, 1.82) is 0 Å². The molecular formula is C26H19ClF2N2O4. The Morgan fingerprint density at radius 2 is 1.40 bits per heavy atom. The van der Waals surface area contributed by atoms with E-state index in [1.807, 2.05) is 0 Å². The zero-order valence-corrected chi connectivity index (χ0v) is 19.1. The molecule has 178 valence electrons. The minimum atomic E-state index is -1.45. The normalized spacial score (nSPS) is 22.9. The molecule has 5 rings (SSSR count). The molecule has 2 amide bonds. The van der Waals surface area contributed by atoms with E-state index in [-0.39, 0.29) is 0 Å². The topological polar surface area (TPSA) is 75.7 Å². The quantitative estimate of drug-likeness (QED) is 0.439. The summed E-state index contributed by atoms with van der Waals surface area (Å²) in [6.45, 7) is 0. The number of methoxy groups -OCH3 is 1. The molecule has 0 saturated carbocycles. The molecular weight excluding hydrogens is 478 g/mol. The van der Waals surface area contributed by atoms with E-state index in [1.54, 1.807) is 12.1 Å². The van der Waals surface area contributed by atoms with E-state index in [2.05, 4.69) is 5.32 Å². The van der Waals surface area contributed by atoms with Crippen LogP contribution < -0.4 is 10.2 Å². The van der Waals surface area contributed by atoms with E-state index < -0.39 is 52.8 Å². The average Bonchev–Trinajstić information content (AvgIpc) is 3.35. The first-order valence-electron chi connectivity index (χ1n) is 10.8. The number of hydrogen-bond donors (Lipinski definition) is 1. The maximum atomic E-state index is 14.0. The predicted octanol–water partition coefficient (Wildman–Crippen LogP) is 3.81. The van der Waals surface area contributed by atoms with Gasteiger partial charge in [-0.2, -0.15) is 0 Å². The first-order valence-corrected chi connectivity index (χ1v) is 11.2. The van der Waals surface area contributed by atoms with Crippen LogP contribution in [0.2, 0.25) is 5.02 Å². The first kappa shape index (κ1) is 23.1. The lowest BCUT2D eigenvalue weighted by molar-refractivity contribution is -0.145. The zero-order chi connectivity index (χ0) is 24.9. The minimum absolute atomic E-state index is 0.300. The number of benzene rings is 3. The van der Waals surface area contributed by atoms with Crippen molar-refractivity contribution in [2.24, 2.45) is 11.8 Å². The molecule has 0 aromatic heterocycles. The van der Waals surface area contributed by atoms with Crippen molar-refractivity contribution < 1.29 is 27.9 Å². The number of nitrogens with one attached hydrogen (secondary N) is 1. The van der Waals surface area contributed by atoms with Crippen molar-refractivity contribution in [3.8, 4) is 0 Å². The molecule has 0 radical (unpaired) electrons. The SMILES string of the molecule is COC(=O)[C@H]1NC(c2ccc(F)cc2)(c2ccc(F)cc2)[C@@H]2C(=O)N(c3ccc(Cl)cc3)C(=O)[C@H]12. The van der Waals surface area contributed by atoms with Gasteiger partial charge in [-0.05, 0) is 59.7 Å². The van der Waals surface area contributed by atoms with Gasteiger partial charge in [0.2, 0.25) is 11.8 Å². The van der Waals surface area contributed by atoms with Gasteiger partial charge in [-0.15, -0.1) is 0 Å². The van der Waals surface area contributed by atoms with E-state index in [0.29, 0.717) is 21.8 Å². The number of amides is 2. The van der Waals surface area contributed by atoms with E-state index in [4.69, 9.17) is 16.3 Å². The summed E-state index contributed by atoms with van der Waals surface area (Å²) in [5.74, 6) is -5.11. The van der Waals surface area contributed by atoms with Gasteiger partial charge in [0.15, 0.2) is 0 Å². The number of fused-ring (bicyclic) bond motifs is 1. The third-order valence-electron chi connectivity index (χ3n) is 6.70. The molecule has 0 aliphatic carbocycles. The van der Waals surface area contributed by atoms with Crippen LogP contribution in [0, 0.1) is 23.5 Å². The fourth-order valence-electron chi connectivity index (χ4n) is 5.20. The molecule has 6 nitrogen and oxygen atoms in total. The van der Waals surface area contributed by atoms with Crippen LogP contribution in [0.4, 0.5) is 14.5 Å². The zero-order valence-electron chi connectivity index (χ0n) is 18.4. The monoisotopic (exact) mass is 496 g/mol. The Balaban J connectivity index is 1.75. The van der Waals surface area contributed by atoms with Crippen LogP contribution in [0.1, 0.15) is 11.1 Å². The number of rotatable bonds is 4. The Morgan fingerprint density at radius 1 is 0.886 bits per heavy atom. The second kappa shape index (κ2) is 8.55. The summed E-state index contributed by atoms with van der Waals surface area (Å²) >= 11 is 5.98. The molecule has 0 spiro atoms. The molecule has 2 aliphatic heterocycles. The number of carbonyl (C=O) groups excluding carboxylic acids is 3. The largest absolute Gasteiger partial charge is 0.468 e. The fourth-order valence-corrected chi connectivity index (χ4v) is 5.33. The molecule has 3 aromatic carbocycles. The molecule has 0 unspecified atom stereocenters. The summed E-state index contributed by atoms with van der Waals surface area (Å²) in [4.78, 5) is 41.5. The van der Waals surface area contributed by atoms with Gasteiger partial charge in [-0.3, -0.25) is 19.7 Å². The maximum absolute atomic E-state index is 14.0. The summed E-state index contributed by atoms with van der Waals surface area (Å²) in [6.07, 6.45) is 0. The van der Waals surface area contributed by atoms with E-state index >= 15 is 0 Å². The summed E-state index contributed by atoms with van der Waals surface area (Å²) in [6, 6.07) is 15.8. The van der Waals surface area contributed by atoms with E-state index in [0.717, 1.165) is 4.90 Å². The van der Waals surface area contributed by atoms with Crippen molar-refractivity contribution in [2.75, 3.05) is 12.0 Å². The second-order valence-corrected chi connectivity index (χ2v) is 8.90. The van der Waals surface area contributed by atoms with Gasteiger partial charge in [-0.1, -0.05) is 35.9 Å². The number of esters is 1. The second-order valence-electron chi connectivity index (χ2n) is 8.46. The van der Waals surface area contributed by atoms with Gasteiger partial charge in [-0.25, -0.2) is 13.7 Å². The Bertz CT molecular complexity index is 1270.